The lowest BCUT2D eigenvalue weighted by atomic mass is 10.1. The van der Waals surface area contributed by atoms with Crippen LogP contribution in [0.2, 0.25) is 0 Å². The van der Waals surface area contributed by atoms with E-state index in [1.165, 1.54) is 6.20 Å². The predicted molar refractivity (Wildman–Crippen MR) is 54.5 cm³/mol. The van der Waals surface area contributed by atoms with Crippen molar-refractivity contribution in [1.82, 2.24) is 4.98 Å². The number of hydrogen-bond acceptors (Lipinski definition) is 2. The maximum atomic E-state index is 12.4. The topological polar surface area (TPSA) is 38.9 Å². The summed E-state index contributed by atoms with van der Waals surface area (Å²) in [5.74, 6) is 0. The van der Waals surface area contributed by atoms with Crippen molar-refractivity contribution in [3.05, 3.63) is 26.6 Å². The Hall–Kier alpha value is -0.300. The van der Waals surface area contributed by atoms with Crippen LogP contribution < -0.4 is 5.73 Å². The third-order valence-electron chi connectivity index (χ3n) is 1.89. The van der Waals surface area contributed by atoms with Crippen molar-refractivity contribution < 1.29 is 8.78 Å². The minimum absolute atomic E-state index is 0.0270. The largest absolute Gasteiger partial charge is 0.326 e. The highest BCUT2D eigenvalue weighted by molar-refractivity contribution is 14.1. The molecule has 1 aromatic heterocycles. The number of rotatable bonds is 2. The number of aromatic nitrogens is 1. The van der Waals surface area contributed by atoms with Crippen molar-refractivity contribution in [2.75, 3.05) is 0 Å². The predicted octanol–water partition coefficient (Wildman–Crippen LogP) is 2.39. The van der Waals surface area contributed by atoms with E-state index in [2.05, 4.69) is 4.98 Å². The first-order valence-electron chi connectivity index (χ1n) is 3.70. The van der Waals surface area contributed by atoms with Gasteiger partial charge in [0, 0.05) is 23.9 Å². The van der Waals surface area contributed by atoms with Gasteiger partial charge in [0.25, 0.3) is 6.43 Å². The van der Waals surface area contributed by atoms with E-state index >= 15 is 0 Å². The third-order valence-corrected chi connectivity index (χ3v) is 2.82. The first kappa shape index (κ1) is 10.8. The zero-order chi connectivity index (χ0) is 10.0. The van der Waals surface area contributed by atoms with E-state index in [1.807, 2.05) is 22.6 Å². The highest BCUT2D eigenvalue weighted by atomic mass is 127. The average molecular weight is 298 g/mol. The van der Waals surface area contributed by atoms with Crippen molar-refractivity contribution in [2.24, 2.45) is 5.73 Å². The molecule has 72 valence electrons. The molecule has 2 nitrogen and oxygen atoms in total. The lowest BCUT2D eigenvalue weighted by Gasteiger charge is -2.09. The average Bonchev–Trinajstić information content (AvgIpc) is 2.04. The molecule has 0 amide bonds. The summed E-state index contributed by atoms with van der Waals surface area (Å²) in [7, 11) is 0. The van der Waals surface area contributed by atoms with Crippen LogP contribution in [-0.4, -0.2) is 4.98 Å². The summed E-state index contributed by atoms with van der Waals surface area (Å²) in [6.07, 6.45) is -1.27. The van der Waals surface area contributed by atoms with Gasteiger partial charge in [-0.2, -0.15) is 0 Å². The Labute approximate surface area is 88.7 Å². The van der Waals surface area contributed by atoms with Crippen LogP contribution in [0.3, 0.4) is 0 Å². The normalized spacial score (nSPS) is 10.9. The minimum atomic E-state index is -2.48. The van der Waals surface area contributed by atoms with Gasteiger partial charge in [0.1, 0.15) is 3.70 Å². The number of halogens is 3. The second-order valence-corrected chi connectivity index (χ2v) is 3.63. The summed E-state index contributed by atoms with van der Waals surface area (Å²) >= 11 is 1.99. The summed E-state index contributed by atoms with van der Waals surface area (Å²) < 4.78 is 25.5. The van der Waals surface area contributed by atoms with Gasteiger partial charge in [0.05, 0.1) is 0 Å². The van der Waals surface area contributed by atoms with Crippen LogP contribution in [0.15, 0.2) is 6.20 Å². The minimum Gasteiger partial charge on any atom is -0.326 e. The van der Waals surface area contributed by atoms with Crippen LogP contribution in [0.1, 0.15) is 23.1 Å². The zero-order valence-corrected chi connectivity index (χ0v) is 9.18. The van der Waals surface area contributed by atoms with E-state index in [0.717, 1.165) is 0 Å². The number of hydrogen-bond donors (Lipinski definition) is 1. The lowest BCUT2D eigenvalue weighted by molar-refractivity contribution is 0.150. The second kappa shape index (κ2) is 4.28. The first-order chi connectivity index (χ1) is 6.07. The molecule has 0 atom stereocenters. The van der Waals surface area contributed by atoms with Gasteiger partial charge in [-0.05, 0) is 35.1 Å². The number of nitrogens with two attached hydrogens (primary N) is 1. The standard InChI is InChI=1S/C8H9F2IN2/c1-4-5(2-12)8(11)13-3-6(4)7(9)10/h3,7H,2,12H2,1H3. The molecular weight excluding hydrogens is 289 g/mol. The molecule has 0 aliphatic heterocycles. The van der Waals surface area contributed by atoms with E-state index in [0.29, 0.717) is 14.8 Å². The molecule has 5 heteroatoms. The molecule has 1 aromatic rings. The molecule has 0 radical (unpaired) electrons. The van der Waals surface area contributed by atoms with E-state index < -0.39 is 6.43 Å². The fraction of sp³-hybridized carbons (Fsp3) is 0.375. The second-order valence-electron chi connectivity index (χ2n) is 2.61. The maximum Gasteiger partial charge on any atom is 0.265 e. The Morgan fingerprint density at radius 3 is 2.69 bits per heavy atom. The third kappa shape index (κ3) is 2.14. The van der Waals surface area contributed by atoms with E-state index in [4.69, 9.17) is 5.73 Å². The zero-order valence-electron chi connectivity index (χ0n) is 7.02. The van der Waals surface area contributed by atoms with Crippen LogP contribution in [0.25, 0.3) is 0 Å². The van der Waals surface area contributed by atoms with Crippen LogP contribution in [0.5, 0.6) is 0 Å². The summed E-state index contributed by atoms with van der Waals surface area (Å²) in [6.45, 7) is 1.89. The van der Waals surface area contributed by atoms with Gasteiger partial charge in [-0.1, -0.05) is 0 Å². The molecule has 0 aromatic carbocycles. The summed E-state index contributed by atoms with van der Waals surface area (Å²) in [5.41, 5.74) is 6.66. The molecule has 0 fully saturated rings. The van der Waals surface area contributed by atoms with Crippen molar-refractivity contribution in [3.63, 3.8) is 0 Å². The van der Waals surface area contributed by atoms with Crippen LogP contribution in [0, 0.1) is 10.6 Å². The molecule has 0 unspecified atom stereocenters. The lowest BCUT2D eigenvalue weighted by Crippen LogP contribution is -2.06. The molecule has 2 N–H and O–H groups in total. The van der Waals surface area contributed by atoms with Gasteiger partial charge in [-0.15, -0.1) is 0 Å². The smallest absolute Gasteiger partial charge is 0.265 e. The van der Waals surface area contributed by atoms with Crippen LogP contribution in [0.4, 0.5) is 8.78 Å². The Bertz CT molecular complexity index is 315. The highest BCUT2D eigenvalue weighted by Gasteiger charge is 2.15. The van der Waals surface area contributed by atoms with Gasteiger partial charge in [-0.3, -0.25) is 0 Å². The molecule has 1 rings (SSSR count). The van der Waals surface area contributed by atoms with Crippen LogP contribution >= 0.6 is 22.6 Å². The summed E-state index contributed by atoms with van der Waals surface area (Å²) in [6, 6.07) is 0. The SMILES string of the molecule is Cc1c(C(F)F)cnc(I)c1CN. The fourth-order valence-electron chi connectivity index (χ4n) is 1.09. The van der Waals surface area contributed by atoms with Gasteiger partial charge < -0.3 is 5.73 Å². The van der Waals surface area contributed by atoms with Gasteiger partial charge >= 0.3 is 0 Å². The first-order valence-corrected chi connectivity index (χ1v) is 4.78. The monoisotopic (exact) mass is 298 g/mol. The quantitative estimate of drug-likeness (QED) is 0.672. The van der Waals surface area contributed by atoms with Gasteiger partial charge in [0.2, 0.25) is 0 Å². The number of alkyl halides is 2. The van der Waals surface area contributed by atoms with Crippen molar-refractivity contribution in [3.8, 4) is 0 Å². The molecule has 0 spiro atoms. The molecule has 0 aliphatic rings. The van der Waals surface area contributed by atoms with Crippen LogP contribution in [-0.2, 0) is 6.54 Å². The molecule has 1 heterocycles. The number of nitrogens with zero attached hydrogens (tertiary/aromatic N) is 1. The Balaban J connectivity index is 3.27. The summed E-state index contributed by atoms with van der Waals surface area (Å²) in [4.78, 5) is 3.86. The Morgan fingerprint density at radius 2 is 2.23 bits per heavy atom. The molecule has 13 heavy (non-hydrogen) atoms. The number of pyridine rings is 1. The van der Waals surface area contributed by atoms with Crippen molar-refractivity contribution >= 4 is 22.6 Å². The van der Waals surface area contributed by atoms with Gasteiger partial charge in [-0.25, -0.2) is 13.8 Å². The molecule has 0 bridgehead atoms. The fourth-order valence-corrected chi connectivity index (χ4v) is 1.85. The van der Waals surface area contributed by atoms with E-state index in [-0.39, 0.29) is 12.1 Å². The molecular formula is C8H9F2IN2. The Morgan fingerprint density at radius 1 is 1.62 bits per heavy atom. The Kier molecular flexibility index (Phi) is 3.55. The molecule has 0 saturated carbocycles. The molecule has 0 aliphatic carbocycles. The van der Waals surface area contributed by atoms with Gasteiger partial charge in [0.15, 0.2) is 0 Å². The summed E-state index contributed by atoms with van der Waals surface area (Å²) in [5, 5.41) is 0. The van der Waals surface area contributed by atoms with E-state index in [1.54, 1.807) is 6.92 Å². The molecule has 0 saturated heterocycles. The van der Waals surface area contributed by atoms with Crippen molar-refractivity contribution in [1.29, 1.82) is 0 Å². The highest BCUT2D eigenvalue weighted by Crippen LogP contribution is 2.25. The van der Waals surface area contributed by atoms with Crippen molar-refractivity contribution in [2.45, 2.75) is 19.9 Å². The maximum absolute atomic E-state index is 12.4. The van der Waals surface area contributed by atoms with E-state index in [9.17, 15) is 8.78 Å².